The van der Waals surface area contributed by atoms with Crippen LogP contribution in [0, 0.1) is 0 Å². The molecule has 2 aromatic rings. The van der Waals surface area contributed by atoms with E-state index in [0.717, 1.165) is 35.4 Å². The summed E-state index contributed by atoms with van der Waals surface area (Å²) < 4.78 is 11.1. The summed E-state index contributed by atoms with van der Waals surface area (Å²) in [4.78, 5) is 43.1. The van der Waals surface area contributed by atoms with E-state index in [1.165, 1.54) is 0 Å². The van der Waals surface area contributed by atoms with Gasteiger partial charge in [-0.1, -0.05) is 80.4 Å². The number of amides is 3. The Kier molecular flexibility index (Phi) is 10.2. The molecule has 2 aromatic carbocycles. The minimum atomic E-state index is -0.988. The van der Waals surface area contributed by atoms with Crippen molar-refractivity contribution in [2.75, 3.05) is 0 Å². The largest absolute Gasteiger partial charge is 0.443 e. The molecule has 0 spiro atoms. The van der Waals surface area contributed by atoms with Crippen molar-refractivity contribution >= 4 is 18.1 Å². The van der Waals surface area contributed by atoms with Crippen molar-refractivity contribution in [2.45, 2.75) is 110 Å². The molecule has 1 saturated heterocycles. The lowest BCUT2D eigenvalue weighted by molar-refractivity contribution is -0.141. The minimum absolute atomic E-state index is 0.176. The van der Waals surface area contributed by atoms with Crippen LogP contribution in [-0.4, -0.2) is 45.2 Å². The van der Waals surface area contributed by atoms with Crippen LogP contribution >= 0.6 is 0 Å². The Bertz CT molecular complexity index is 1080. The number of likely N-dealkylation sites (tertiary alicyclic amines) is 1. The SMILES string of the molecule is CCCC[C@@H](C(=O)N1[C@H](c2ccccc2)CC[C@H]1c1ccccc1)N(NC(=O)OC(C)(C)C)C(=O)OC(C)(C)C. The molecule has 1 N–H and O–H groups in total. The summed E-state index contributed by atoms with van der Waals surface area (Å²) in [6, 6.07) is 18.6. The highest BCUT2D eigenvalue weighted by molar-refractivity contribution is 5.87. The number of hydrazine groups is 1. The van der Waals surface area contributed by atoms with Crippen molar-refractivity contribution < 1.29 is 23.9 Å². The highest BCUT2D eigenvalue weighted by atomic mass is 16.6. The molecule has 40 heavy (non-hydrogen) atoms. The number of benzene rings is 2. The van der Waals surface area contributed by atoms with Gasteiger partial charge in [-0.2, -0.15) is 0 Å². The average Bonchev–Trinajstić information content (AvgIpc) is 3.32. The number of unbranched alkanes of at least 4 members (excludes halogenated alkanes) is 1. The molecule has 3 rings (SSSR count). The lowest BCUT2D eigenvalue weighted by Gasteiger charge is -2.38. The molecule has 218 valence electrons. The molecular formula is C32H45N3O5. The molecule has 0 bridgehead atoms. The quantitative estimate of drug-likeness (QED) is 0.364. The lowest BCUT2D eigenvalue weighted by atomic mass is 10.0. The number of nitrogens with one attached hydrogen (secondary N) is 1. The molecule has 1 aliphatic heterocycles. The summed E-state index contributed by atoms with van der Waals surface area (Å²) in [5.41, 5.74) is 3.01. The Hall–Kier alpha value is -3.55. The molecule has 1 aliphatic rings. The molecule has 1 heterocycles. The summed E-state index contributed by atoms with van der Waals surface area (Å²) in [5, 5.41) is 1.04. The van der Waals surface area contributed by atoms with Gasteiger partial charge in [-0.3, -0.25) is 4.79 Å². The van der Waals surface area contributed by atoms with Crippen LogP contribution in [0.15, 0.2) is 60.7 Å². The molecule has 0 aliphatic carbocycles. The number of nitrogens with zero attached hydrogens (tertiary/aromatic N) is 2. The second kappa shape index (κ2) is 13.2. The number of carbonyl (C=O) groups is 3. The van der Waals surface area contributed by atoms with Crippen LogP contribution in [0.5, 0.6) is 0 Å². The molecule has 0 unspecified atom stereocenters. The average molecular weight is 552 g/mol. The first-order chi connectivity index (χ1) is 18.8. The maximum atomic E-state index is 14.7. The van der Waals surface area contributed by atoms with E-state index in [-0.39, 0.29) is 18.0 Å². The zero-order valence-corrected chi connectivity index (χ0v) is 25.0. The Morgan fingerprint density at radius 2 is 1.32 bits per heavy atom. The molecule has 1 fully saturated rings. The fourth-order valence-corrected chi connectivity index (χ4v) is 5.02. The molecule has 0 radical (unpaired) electrons. The van der Waals surface area contributed by atoms with Crippen LogP contribution in [0.3, 0.4) is 0 Å². The van der Waals surface area contributed by atoms with Gasteiger partial charge in [0.05, 0.1) is 12.1 Å². The summed E-state index contributed by atoms with van der Waals surface area (Å²) in [6.45, 7) is 12.5. The fourth-order valence-electron chi connectivity index (χ4n) is 5.02. The standard InChI is InChI=1S/C32H45N3O5/c1-8-9-20-27(35(30(38)40-32(5,6)7)33-29(37)39-31(2,3)4)28(36)34-25(23-16-12-10-13-17-23)21-22-26(34)24-18-14-11-15-19-24/h10-19,25-27H,8-9,20-22H2,1-7H3,(H,33,37)/t25-,26-,27-/m0/s1. The van der Waals surface area contributed by atoms with Crippen LogP contribution < -0.4 is 5.43 Å². The predicted octanol–water partition coefficient (Wildman–Crippen LogP) is 7.33. The fraction of sp³-hybridized carbons (Fsp3) is 0.531. The van der Waals surface area contributed by atoms with Gasteiger partial charge in [-0.05, 0) is 71.9 Å². The normalized spacial score (nSPS) is 18.1. The van der Waals surface area contributed by atoms with Crippen LogP contribution in [0.1, 0.15) is 104 Å². The van der Waals surface area contributed by atoms with E-state index in [1.807, 2.05) is 72.5 Å². The van der Waals surface area contributed by atoms with Crippen LogP contribution in [-0.2, 0) is 14.3 Å². The third-order valence-corrected chi connectivity index (χ3v) is 6.64. The minimum Gasteiger partial charge on any atom is -0.443 e. The summed E-state index contributed by atoms with van der Waals surface area (Å²) in [6.07, 6.45) is 1.76. The van der Waals surface area contributed by atoms with E-state index in [4.69, 9.17) is 9.47 Å². The van der Waals surface area contributed by atoms with Crippen LogP contribution in [0.25, 0.3) is 0 Å². The Morgan fingerprint density at radius 3 is 1.75 bits per heavy atom. The van der Waals surface area contributed by atoms with Crippen LogP contribution in [0.4, 0.5) is 9.59 Å². The predicted molar refractivity (Wildman–Crippen MR) is 155 cm³/mol. The Labute approximate surface area is 239 Å². The van der Waals surface area contributed by atoms with E-state index >= 15 is 0 Å². The van der Waals surface area contributed by atoms with Gasteiger partial charge >= 0.3 is 12.2 Å². The molecule has 0 saturated carbocycles. The van der Waals surface area contributed by atoms with Crippen molar-refractivity contribution in [1.29, 1.82) is 0 Å². The van der Waals surface area contributed by atoms with E-state index in [0.29, 0.717) is 12.8 Å². The summed E-state index contributed by atoms with van der Waals surface area (Å²) >= 11 is 0. The van der Waals surface area contributed by atoms with Gasteiger partial charge in [-0.15, -0.1) is 0 Å². The Balaban J connectivity index is 2.06. The van der Waals surface area contributed by atoms with E-state index < -0.39 is 29.4 Å². The topological polar surface area (TPSA) is 88.2 Å². The van der Waals surface area contributed by atoms with E-state index in [9.17, 15) is 14.4 Å². The van der Waals surface area contributed by atoms with E-state index in [1.54, 1.807) is 41.5 Å². The zero-order chi connectivity index (χ0) is 29.5. The number of ether oxygens (including phenoxy) is 2. The van der Waals surface area contributed by atoms with E-state index in [2.05, 4.69) is 5.43 Å². The zero-order valence-electron chi connectivity index (χ0n) is 25.0. The second-order valence-corrected chi connectivity index (χ2v) is 12.3. The molecular weight excluding hydrogens is 506 g/mol. The molecule has 3 atom stereocenters. The van der Waals surface area contributed by atoms with Gasteiger partial charge in [0.15, 0.2) is 0 Å². The lowest BCUT2D eigenvalue weighted by Crippen LogP contribution is -2.59. The molecule has 0 aromatic heterocycles. The first-order valence-electron chi connectivity index (χ1n) is 14.2. The van der Waals surface area contributed by atoms with Crippen molar-refractivity contribution in [3.63, 3.8) is 0 Å². The monoisotopic (exact) mass is 551 g/mol. The summed E-state index contributed by atoms with van der Waals surface area (Å²) in [5.74, 6) is -0.240. The van der Waals surface area contributed by atoms with Gasteiger partial charge in [0.25, 0.3) is 0 Å². The number of hydrogen-bond acceptors (Lipinski definition) is 5. The first kappa shape index (κ1) is 31.0. The van der Waals surface area contributed by atoms with Gasteiger partial charge in [0.1, 0.15) is 17.2 Å². The Morgan fingerprint density at radius 1 is 0.850 bits per heavy atom. The smallest absolute Gasteiger partial charge is 0.430 e. The van der Waals surface area contributed by atoms with Crippen molar-refractivity contribution in [1.82, 2.24) is 15.3 Å². The molecule has 8 nitrogen and oxygen atoms in total. The summed E-state index contributed by atoms with van der Waals surface area (Å²) in [7, 11) is 0. The maximum Gasteiger partial charge on any atom is 0.430 e. The first-order valence-corrected chi connectivity index (χ1v) is 14.2. The third kappa shape index (κ3) is 8.47. The van der Waals surface area contributed by atoms with Crippen molar-refractivity contribution in [3.05, 3.63) is 71.8 Å². The number of hydrogen-bond donors (Lipinski definition) is 1. The maximum absolute atomic E-state index is 14.7. The number of carbonyl (C=O) groups excluding carboxylic acids is 3. The third-order valence-electron chi connectivity index (χ3n) is 6.64. The van der Waals surface area contributed by atoms with Gasteiger partial charge in [0, 0.05) is 0 Å². The van der Waals surface area contributed by atoms with Crippen molar-refractivity contribution in [2.24, 2.45) is 0 Å². The van der Waals surface area contributed by atoms with Crippen LogP contribution in [0.2, 0.25) is 0 Å². The highest BCUT2D eigenvalue weighted by Gasteiger charge is 2.44. The van der Waals surface area contributed by atoms with Crippen molar-refractivity contribution in [3.8, 4) is 0 Å². The highest BCUT2D eigenvalue weighted by Crippen LogP contribution is 2.44. The van der Waals surface area contributed by atoms with Gasteiger partial charge < -0.3 is 14.4 Å². The molecule has 8 heteroatoms. The van der Waals surface area contributed by atoms with Gasteiger partial charge in [0.2, 0.25) is 5.91 Å². The number of rotatable bonds is 7. The molecule has 3 amide bonds. The second-order valence-electron chi connectivity index (χ2n) is 12.3. The van der Waals surface area contributed by atoms with Gasteiger partial charge in [-0.25, -0.2) is 20.0 Å².